The standard InChI is InChI=1S/C10H20N2O.ClH/c1-8(2)5-10(13)12-7-9-3-4-11-6-9;/h8-9,11H,3-7H2,1-2H3,(H,12,13);1H/t9-;/m0./s1. The van der Waals surface area contributed by atoms with Crippen molar-refractivity contribution in [1.82, 2.24) is 10.6 Å². The zero-order valence-electron chi connectivity index (χ0n) is 9.01. The molecule has 3 nitrogen and oxygen atoms in total. The molecule has 4 heteroatoms. The predicted molar refractivity (Wildman–Crippen MR) is 60.7 cm³/mol. The Balaban J connectivity index is 0.00000169. The molecule has 1 amide bonds. The first-order valence-electron chi connectivity index (χ1n) is 5.16. The van der Waals surface area contributed by atoms with Crippen LogP contribution in [0.1, 0.15) is 26.7 Å². The average Bonchev–Trinajstić information content (AvgIpc) is 2.51. The number of nitrogens with one attached hydrogen (secondary N) is 2. The number of carbonyl (C=O) groups is 1. The van der Waals surface area contributed by atoms with Crippen molar-refractivity contribution in [3.63, 3.8) is 0 Å². The third-order valence-electron chi connectivity index (χ3n) is 2.34. The van der Waals surface area contributed by atoms with E-state index in [-0.39, 0.29) is 18.3 Å². The van der Waals surface area contributed by atoms with Gasteiger partial charge < -0.3 is 10.6 Å². The molecule has 14 heavy (non-hydrogen) atoms. The fraction of sp³-hybridized carbons (Fsp3) is 0.900. The molecule has 0 radical (unpaired) electrons. The third kappa shape index (κ3) is 5.45. The summed E-state index contributed by atoms with van der Waals surface area (Å²) >= 11 is 0. The fourth-order valence-electron chi connectivity index (χ4n) is 1.59. The van der Waals surface area contributed by atoms with E-state index < -0.39 is 0 Å². The van der Waals surface area contributed by atoms with Gasteiger partial charge in [0.2, 0.25) is 5.91 Å². The lowest BCUT2D eigenvalue weighted by Gasteiger charge is -2.10. The molecule has 2 N–H and O–H groups in total. The van der Waals surface area contributed by atoms with Crippen LogP contribution < -0.4 is 10.6 Å². The lowest BCUT2D eigenvalue weighted by Crippen LogP contribution is -2.30. The van der Waals surface area contributed by atoms with Gasteiger partial charge in [0, 0.05) is 13.0 Å². The fourth-order valence-corrected chi connectivity index (χ4v) is 1.59. The summed E-state index contributed by atoms with van der Waals surface area (Å²) in [6.07, 6.45) is 1.85. The maximum atomic E-state index is 11.3. The topological polar surface area (TPSA) is 41.1 Å². The highest BCUT2D eigenvalue weighted by Gasteiger charge is 2.15. The molecular formula is C10H21ClN2O. The average molecular weight is 221 g/mol. The van der Waals surface area contributed by atoms with Gasteiger partial charge >= 0.3 is 0 Å². The van der Waals surface area contributed by atoms with Crippen molar-refractivity contribution in [2.24, 2.45) is 11.8 Å². The van der Waals surface area contributed by atoms with E-state index in [0.29, 0.717) is 18.3 Å². The SMILES string of the molecule is CC(C)CC(=O)NC[C@H]1CCNC1.Cl. The van der Waals surface area contributed by atoms with E-state index in [0.717, 1.165) is 19.6 Å². The Bertz CT molecular complexity index is 168. The molecule has 84 valence electrons. The van der Waals surface area contributed by atoms with Gasteiger partial charge in [-0.1, -0.05) is 13.8 Å². The highest BCUT2D eigenvalue weighted by atomic mass is 35.5. The van der Waals surface area contributed by atoms with E-state index in [1.54, 1.807) is 0 Å². The van der Waals surface area contributed by atoms with E-state index >= 15 is 0 Å². The summed E-state index contributed by atoms with van der Waals surface area (Å²) < 4.78 is 0. The third-order valence-corrected chi connectivity index (χ3v) is 2.34. The van der Waals surface area contributed by atoms with Crippen molar-refractivity contribution < 1.29 is 4.79 Å². The molecule has 0 unspecified atom stereocenters. The number of rotatable bonds is 4. The lowest BCUT2D eigenvalue weighted by atomic mass is 10.1. The van der Waals surface area contributed by atoms with Crippen LogP contribution in [0.5, 0.6) is 0 Å². The van der Waals surface area contributed by atoms with Crippen LogP contribution in [0, 0.1) is 11.8 Å². The molecule has 0 bridgehead atoms. The van der Waals surface area contributed by atoms with Crippen molar-refractivity contribution in [2.75, 3.05) is 19.6 Å². The number of carbonyl (C=O) groups excluding carboxylic acids is 1. The number of hydrogen-bond acceptors (Lipinski definition) is 2. The highest BCUT2D eigenvalue weighted by Crippen LogP contribution is 2.06. The summed E-state index contributed by atoms with van der Waals surface area (Å²) in [6, 6.07) is 0. The zero-order chi connectivity index (χ0) is 9.68. The summed E-state index contributed by atoms with van der Waals surface area (Å²) in [5.41, 5.74) is 0. The minimum atomic E-state index is 0. The monoisotopic (exact) mass is 220 g/mol. The van der Waals surface area contributed by atoms with Crippen LogP contribution in [0.15, 0.2) is 0 Å². The molecule has 0 aromatic carbocycles. The maximum Gasteiger partial charge on any atom is 0.220 e. The quantitative estimate of drug-likeness (QED) is 0.747. The van der Waals surface area contributed by atoms with Gasteiger partial charge in [0.05, 0.1) is 0 Å². The van der Waals surface area contributed by atoms with Gasteiger partial charge in [0.15, 0.2) is 0 Å². The smallest absolute Gasteiger partial charge is 0.220 e. The molecule has 0 spiro atoms. The molecule has 1 rings (SSSR count). The second-order valence-electron chi connectivity index (χ2n) is 4.26. The van der Waals surface area contributed by atoms with Gasteiger partial charge in [-0.25, -0.2) is 0 Å². The molecule has 1 aliphatic heterocycles. The highest BCUT2D eigenvalue weighted by molar-refractivity contribution is 5.85. The maximum absolute atomic E-state index is 11.3. The van der Waals surface area contributed by atoms with Crippen molar-refractivity contribution >= 4 is 18.3 Å². The molecule has 0 aromatic heterocycles. The van der Waals surface area contributed by atoms with Gasteiger partial charge in [0.1, 0.15) is 0 Å². The molecule has 1 heterocycles. The Labute approximate surface area is 92.4 Å². The van der Waals surface area contributed by atoms with E-state index in [1.807, 2.05) is 0 Å². The Morgan fingerprint density at radius 3 is 2.79 bits per heavy atom. The first-order chi connectivity index (χ1) is 6.18. The first-order valence-corrected chi connectivity index (χ1v) is 5.16. The summed E-state index contributed by atoms with van der Waals surface area (Å²) in [7, 11) is 0. The number of hydrogen-bond donors (Lipinski definition) is 2. The van der Waals surface area contributed by atoms with Crippen LogP contribution in [-0.2, 0) is 4.79 Å². The first kappa shape index (κ1) is 13.7. The summed E-state index contributed by atoms with van der Waals surface area (Å²) in [6.45, 7) is 7.14. The molecule has 0 aromatic rings. The van der Waals surface area contributed by atoms with Crippen molar-refractivity contribution in [2.45, 2.75) is 26.7 Å². The number of halogens is 1. The Morgan fingerprint density at radius 1 is 1.57 bits per heavy atom. The van der Waals surface area contributed by atoms with Crippen LogP contribution in [0.4, 0.5) is 0 Å². The molecule has 1 saturated heterocycles. The Morgan fingerprint density at radius 2 is 2.29 bits per heavy atom. The summed E-state index contributed by atoms with van der Waals surface area (Å²) in [4.78, 5) is 11.3. The number of amides is 1. The summed E-state index contributed by atoms with van der Waals surface area (Å²) in [5.74, 6) is 1.31. The van der Waals surface area contributed by atoms with Gasteiger partial charge in [-0.05, 0) is 31.3 Å². The van der Waals surface area contributed by atoms with Crippen LogP contribution >= 0.6 is 12.4 Å². The molecule has 0 aliphatic carbocycles. The minimum Gasteiger partial charge on any atom is -0.356 e. The van der Waals surface area contributed by atoms with Crippen molar-refractivity contribution in [1.29, 1.82) is 0 Å². The van der Waals surface area contributed by atoms with Crippen LogP contribution in [-0.4, -0.2) is 25.5 Å². The molecule has 1 fully saturated rings. The second-order valence-corrected chi connectivity index (χ2v) is 4.26. The molecular weight excluding hydrogens is 200 g/mol. The predicted octanol–water partition coefficient (Wildman–Crippen LogP) is 1.18. The van der Waals surface area contributed by atoms with E-state index in [4.69, 9.17) is 0 Å². The lowest BCUT2D eigenvalue weighted by molar-refractivity contribution is -0.121. The van der Waals surface area contributed by atoms with Gasteiger partial charge in [-0.15, -0.1) is 12.4 Å². The van der Waals surface area contributed by atoms with Gasteiger partial charge in [0.25, 0.3) is 0 Å². The molecule has 0 saturated carbocycles. The van der Waals surface area contributed by atoms with Gasteiger partial charge in [-0.2, -0.15) is 0 Å². The van der Waals surface area contributed by atoms with Crippen LogP contribution in [0.2, 0.25) is 0 Å². The van der Waals surface area contributed by atoms with E-state index in [1.165, 1.54) is 6.42 Å². The van der Waals surface area contributed by atoms with Gasteiger partial charge in [-0.3, -0.25) is 4.79 Å². The van der Waals surface area contributed by atoms with Crippen molar-refractivity contribution in [3.05, 3.63) is 0 Å². The van der Waals surface area contributed by atoms with E-state index in [2.05, 4.69) is 24.5 Å². The molecule has 1 aliphatic rings. The largest absolute Gasteiger partial charge is 0.356 e. The van der Waals surface area contributed by atoms with Crippen LogP contribution in [0.3, 0.4) is 0 Å². The second kappa shape index (κ2) is 7.07. The van der Waals surface area contributed by atoms with Crippen molar-refractivity contribution in [3.8, 4) is 0 Å². The minimum absolute atomic E-state index is 0. The van der Waals surface area contributed by atoms with E-state index in [9.17, 15) is 4.79 Å². The molecule has 1 atom stereocenters. The van der Waals surface area contributed by atoms with Crippen LogP contribution in [0.25, 0.3) is 0 Å². The summed E-state index contributed by atoms with van der Waals surface area (Å²) in [5, 5.41) is 6.26. The zero-order valence-corrected chi connectivity index (χ0v) is 9.82. The Hall–Kier alpha value is -0.280. The normalized spacial score (nSPS) is 20.6. The Kier molecular flexibility index (Phi) is 6.93.